The topological polar surface area (TPSA) is 73.9 Å². The van der Waals surface area contributed by atoms with Gasteiger partial charge in [-0.05, 0) is 30.5 Å². The molecule has 0 bridgehead atoms. The molecule has 1 atom stereocenters. The molecule has 0 aliphatic carbocycles. The molecule has 2 amide bonds. The largest absolute Gasteiger partial charge is 0.334 e. The van der Waals surface area contributed by atoms with Crippen molar-refractivity contribution in [1.29, 1.82) is 0 Å². The summed E-state index contributed by atoms with van der Waals surface area (Å²) >= 11 is 0. The van der Waals surface area contributed by atoms with Crippen molar-refractivity contribution in [2.45, 2.75) is 38.8 Å². The number of likely N-dealkylation sites (tertiary alicyclic amines) is 1. The number of nitrogens with one attached hydrogen (secondary N) is 2. The monoisotopic (exact) mass is 317 g/mol. The van der Waals surface area contributed by atoms with Gasteiger partial charge in [0.05, 0.1) is 6.04 Å². The number of H-pyrrole nitrogens is 1. The first-order valence-electron chi connectivity index (χ1n) is 7.87. The first-order valence-corrected chi connectivity index (χ1v) is 7.87. The number of aromatic nitrogens is 3. The molecule has 122 valence electrons. The SMILES string of the molecule is CCc1nc(C2CCCN2C(=O)NCc2ccc(F)cc2)n[nH]1. The van der Waals surface area contributed by atoms with E-state index in [0.717, 1.165) is 30.7 Å². The predicted octanol–water partition coefficient (Wildman–Crippen LogP) is 2.55. The number of nitrogens with zero attached hydrogens (tertiary/aromatic N) is 3. The molecule has 23 heavy (non-hydrogen) atoms. The van der Waals surface area contributed by atoms with Crippen molar-refractivity contribution in [3.63, 3.8) is 0 Å². The van der Waals surface area contributed by atoms with E-state index in [4.69, 9.17) is 0 Å². The molecule has 2 heterocycles. The van der Waals surface area contributed by atoms with E-state index in [-0.39, 0.29) is 17.9 Å². The van der Waals surface area contributed by atoms with E-state index in [9.17, 15) is 9.18 Å². The number of amides is 2. The molecular formula is C16H20FN5O. The highest BCUT2D eigenvalue weighted by atomic mass is 19.1. The van der Waals surface area contributed by atoms with Crippen molar-refractivity contribution in [1.82, 2.24) is 25.4 Å². The fourth-order valence-corrected chi connectivity index (χ4v) is 2.78. The smallest absolute Gasteiger partial charge is 0.318 e. The Morgan fingerprint density at radius 2 is 2.22 bits per heavy atom. The Hall–Kier alpha value is -2.44. The molecule has 7 heteroatoms. The summed E-state index contributed by atoms with van der Waals surface area (Å²) in [6.45, 7) is 3.07. The Morgan fingerprint density at radius 1 is 1.43 bits per heavy atom. The van der Waals surface area contributed by atoms with Gasteiger partial charge < -0.3 is 10.2 Å². The minimum Gasteiger partial charge on any atom is -0.334 e. The third kappa shape index (κ3) is 3.49. The van der Waals surface area contributed by atoms with Crippen LogP contribution in [-0.2, 0) is 13.0 Å². The van der Waals surface area contributed by atoms with Gasteiger partial charge in [-0.2, -0.15) is 5.10 Å². The van der Waals surface area contributed by atoms with Crippen molar-refractivity contribution in [2.75, 3.05) is 6.54 Å². The summed E-state index contributed by atoms with van der Waals surface area (Å²) in [7, 11) is 0. The van der Waals surface area contributed by atoms with Crippen LogP contribution in [0.2, 0.25) is 0 Å². The standard InChI is InChI=1S/C16H20FN5O/c1-2-14-19-15(21-20-14)13-4-3-9-22(13)16(23)18-10-11-5-7-12(17)8-6-11/h5-8,13H,2-4,9-10H2,1H3,(H,18,23)(H,19,20,21). The second kappa shape index (κ2) is 6.76. The highest BCUT2D eigenvalue weighted by molar-refractivity contribution is 5.75. The maximum Gasteiger partial charge on any atom is 0.318 e. The zero-order valence-electron chi connectivity index (χ0n) is 13.1. The number of carbonyl (C=O) groups is 1. The first-order chi connectivity index (χ1) is 11.2. The van der Waals surface area contributed by atoms with Gasteiger partial charge in [0.25, 0.3) is 0 Å². The van der Waals surface area contributed by atoms with Gasteiger partial charge in [-0.1, -0.05) is 19.1 Å². The number of halogens is 1. The molecule has 1 saturated heterocycles. The zero-order valence-corrected chi connectivity index (χ0v) is 13.1. The van der Waals surface area contributed by atoms with E-state index in [1.54, 1.807) is 17.0 Å². The maximum absolute atomic E-state index is 12.9. The van der Waals surface area contributed by atoms with Crippen molar-refractivity contribution < 1.29 is 9.18 Å². The molecule has 1 aliphatic heterocycles. The molecule has 1 aromatic heterocycles. The molecule has 0 saturated carbocycles. The lowest BCUT2D eigenvalue weighted by atomic mass is 10.2. The van der Waals surface area contributed by atoms with Crippen LogP contribution in [0.4, 0.5) is 9.18 Å². The maximum atomic E-state index is 12.9. The summed E-state index contributed by atoms with van der Waals surface area (Å²) in [5.41, 5.74) is 0.863. The Balaban J connectivity index is 1.62. The molecule has 1 unspecified atom stereocenters. The number of urea groups is 1. The highest BCUT2D eigenvalue weighted by Gasteiger charge is 2.32. The van der Waals surface area contributed by atoms with Crippen LogP contribution in [0, 0.1) is 5.82 Å². The second-order valence-electron chi connectivity index (χ2n) is 5.63. The van der Waals surface area contributed by atoms with Crippen molar-refractivity contribution in [2.24, 2.45) is 0 Å². The third-order valence-electron chi connectivity index (χ3n) is 4.05. The minimum absolute atomic E-state index is 0.0835. The third-order valence-corrected chi connectivity index (χ3v) is 4.05. The molecule has 1 fully saturated rings. The Labute approximate surface area is 134 Å². The summed E-state index contributed by atoms with van der Waals surface area (Å²) in [6.07, 6.45) is 2.59. The van der Waals surface area contributed by atoms with Crippen LogP contribution in [0.1, 0.15) is 43.0 Å². The van der Waals surface area contributed by atoms with E-state index < -0.39 is 0 Å². The molecule has 1 aromatic carbocycles. The van der Waals surface area contributed by atoms with E-state index >= 15 is 0 Å². The summed E-state index contributed by atoms with van der Waals surface area (Å²) in [4.78, 5) is 18.6. The molecule has 1 aliphatic rings. The van der Waals surface area contributed by atoms with Crippen molar-refractivity contribution >= 4 is 6.03 Å². The van der Waals surface area contributed by atoms with Crippen LogP contribution in [0.25, 0.3) is 0 Å². The summed E-state index contributed by atoms with van der Waals surface area (Å²) < 4.78 is 12.9. The van der Waals surface area contributed by atoms with Gasteiger partial charge in [-0.25, -0.2) is 14.2 Å². The predicted molar refractivity (Wildman–Crippen MR) is 83.1 cm³/mol. The van der Waals surface area contributed by atoms with E-state index in [0.29, 0.717) is 18.9 Å². The Bertz CT molecular complexity index is 669. The normalized spacial score (nSPS) is 17.5. The lowest BCUT2D eigenvalue weighted by molar-refractivity contribution is 0.190. The number of aromatic amines is 1. The van der Waals surface area contributed by atoms with Gasteiger partial charge in [0.2, 0.25) is 0 Å². The van der Waals surface area contributed by atoms with Crippen LogP contribution < -0.4 is 5.32 Å². The van der Waals surface area contributed by atoms with Crippen LogP contribution in [0.15, 0.2) is 24.3 Å². The van der Waals surface area contributed by atoms with Gasteiger partial charge >= 0.3 is 6.03 Å². The molecular weight excluding hydrogens is 297 g/mol. The zero-order chi connectivity index (χ0) is 16.2. The fourth-order valence-electron chi connectivity index (χ4n) is 2.78. The van der Waals surface area contributed by atoms with Gasteiger partial charge in [0.1, 0.15) is 11.6 Å². The Morgan fingerprint density at radius 3 is 2.91 bits per heavy atom. The number of benzene rings is 1. The fraction of sp³-hybridized carbons (Fsp3) is 0.438. The number of carbonyl (C=O) groups excluding carboxylic acids is 1. The second-order valence-corrected chi connectivity index (χ2v) is 5.63. The van der Waals surface area contributed by atoms with Gasteiger partial charge in [-0.15, -0.1) is 0 Å². The van der Waals surface area contributed by atoms with E-state index in [1.165, 1.54) is 12.1 Å². The van der Waals surface area contributed by atoms with Crippen LogP contribution in [0.3, 0.4) is 0 Å². The average molecular weight is 317 g/mol. The van der Waals surface area contributed by atoms with Crippen LogP contribution in [-0.4, -0.2) is 32.7 Å². The van der Waals surface area contributed by atoms with Crippen LogP contribution >= 0.6 is 0 Å². The summed E-state index contributed by atoms with van der Waals surface area (Å²) in [5.74, 6) is 1.23. The van der Waals surface area contributed by atoms with Gasteiger partial charge in [-0.3, -0.25) is 5.10 Å². The number of hydrogen-bond acceptors (Lipinski definition) is 3. The van der Waals surface area contributed by atoms with E-state index in [2.05, 4.69) is 20.5 Å². The highest BCUT2D eigenvalue weighted by Crippen LogP contribution is 2.29. The molecule has 2 aromatic rings. The van der Waals surface area contributed by atoms with E-state index in [1.807, 2.05) is 6.92 Å². The van der Waals surface area contributed by atoms with Crippen molar-refractivity contribution in [3.8, 4) is 0 Å². The molecule has 2 N–H and O–H groups in total. The van der Waals surface area contributed by atoms with Gasteiger partial charge in [0.15, 0.2) is 5.82 Å². The lowest BCUT2D eigenvalue weighted by Gasteiger charge is -2.23. The first kappa shape index (κ1) is 15.5. The molecule has 0 spiro atoms. The molecule has 3 rings (SSSR count). The molecule has 0 radical (unpaired) electrons. The number of rotatable bonds is 4. The quantitative estimate of drug-likeness (QED) is 0.910. The average Bonchev–Trinajstić information content (AvgIpc) is 3.22. The molecule has 6 nitrogen and oxygen atoms in total. The van der Waals surface area contributed by atoms with Crippen molar-refractivity contribution in [3.05, 3.63) is 47.3 Å². The van der Waals surface area contributed by atoms with Crippen LogP contribution in [0.5, 0.6) is 0 Å². The summed E-state index contributed by atoms with van der Waals surface area (Å²) in [6, 6.07) is 5.89. The summed E-state index contributed by atoms with van der Waals surface area (Å²) in [5, 5.41) is 10.0. The number of hydrogen-bond donors (Lipinski definition) is 2. The Kier molecular flexibility index (Phi) is 4.55. The number of aryl methyl sites for hydroxylation is 1. The minimum atomic E-state index is -0.281. The van der Waals surface area contributed by atoms with Gasteiger partial charge in [0, 0.05) is 19.5 Å². The lowest BCUT2D eigenvalue weighted by Crippen LogP contribution is -2.39.